The van der Waals surface area contributed by atoms with Gasteiger partial charge in [-0.2, -0.15) is 0 Å². The predicted molar refractivity (Wildman–Crippen MR) is 90.8 cm³/mol. The molecule has 0 saturated carbocycles. The van der Waals surface area contributed by atoms with Crippen LogP contribution in [0, 0.1) is 0 Å². The molecule has 0 spiro atoms. The maximum Gasteiger partial charge on any atom is 0.0480 e. The van der Waals surface area contributed by atoms with Gasteiger partial charge >= 0.3 is 0 Å². The molecule has 1 N–H and O–H groups in total. The minimum Gasteiger partial charge on any atom is -0.309 e. The van der Waals surface area contributed by atoms with Crippen LogP contribution in [0.5, 0.6) is 0 Å². The van der Waals surface area contributed by atoms with Crippen molar-refractivity contribution >= 4 is 0 Å². The first-order valence-corrected chi connectivity index (χ1v) is 8.29. The molecular weight excluding hydrogens is 258 g/mol. The third-order valence-electron chi connectivity index (χ3n) is 4.56. The molecule has 1 aliphatic carbocycles. The van der Waals surface area contributed by atoms with Gasteiger partial charge in [0.25, 0.3) is 0 Å². The molecule has 0 heterocycles. The molecule has 0 amide bonds. The number of nitrogens with zero attached hydrogens (tertiary/aromatic N) is 2. The molecule has 0 bridgehead atoms. The number of nitrogens with one attached hydrogen (secondary N) is 1. The Kier molecular flexibility index (Phi) is 6.22. The van der Waals surface area contributed by atoms with Crippen molar-refractivity contribution in [2.75, 3.05) is 40.8 Å². The Morgan fingerprint density at radius 1 is 1.14 bits per heavy atom. The van der Waals surface area contributed by atoms with Crippen LogP contribution in [0.2, 0.25) is 0 Å². The highest BCUT2D eigenvalue weighted by Crippen LogP contribution is 2.32. The van der Waals surface area contributed by atoms with Gasteiger partial charge in [-0.1, -0.05) is 31.2 Å². The van der Waals surface area contributed by atoms with Crippen molar-refractivity contribution in [3.63, 3.8) is 0 Å². The summed E-state index contributed by atoms with van der Waals surface area (Å²) in [5.74, 6) is 0. The van der Waals surface area contributed by atoms with Gasteiger partial charge in [-0.15, -0.1) is 0 Å². The van der Waals surface area contributed by atoms with E-state index in [9.17, 15) is 0 Å². The monoisotopic (exact) mass is 289 g/mol. The quantitative estimate of drug-likeness (QED) is 0.832. The second-order valence-corrected chi connectivity index (χ2v) is 6.52. The van der Waals surface area contributed by atoms with Crippen LogP contribution in [0.3, 0.4) is 0 Å². The van der Waals surface area contributed by atoms with E-state index in [4.69, 9.17) is 0 Å². The molecule has 3 nitrogen and oxygen atoms in total. The van der Waals surface area contributed by atoms with Gasteiger partial charge < -0.3 is 15.1 Å². The summed E-state index contributed by atoms with van der Waals surface area (Å²) in [6.07, 6.45) is 3.65. The molecule has 2 unspecified atom stereocenters. The minimum atomic E-state index is 0.474. The van der Waals surface area contributed by atoms with E-state index >= 15 is 0 Å². The van der Waals surface area contributed by atoms with Crippen molar-refractivity contribution in [2.45, 2.75) is 38.3 Å². The number of aryl methyl sites for hydroxylation is 1. The molecular formula is C18H31N3. The van der Waals surface area contributed by atoms with E-state index in [1.54, 1.807) is 0 Å². The molecule has 118 valence electrons. The fourth-order valence-electron chi connectivity index (χ4n) is 3.29. The lowest BCUT2D eigenvalue weighted by Crippen LogP contribution is -2.47. The Morgan fingerprint density at radius 3 is 2.62 bits per heavy atom. The summed E-state index contributed by atoms with van der Waals surface area (Å²) in [6, 6.07) is 10.0. The van der Waals surface area contributed by atoms with Crippen LogP contribution in [0.15, 0.2) is 24.3 Å². The molecule has 2 atom stereocenters. The van der Waals surface area contributed by atoms with Crippen LogP contribution in [-0.2, 0) is 6.42 Å². The van der Waals surface area contributed by atoms with Crippen molar-refractivity contribution in [1.82, 2.24) is 15.1 Å². The summed E-state index contributed by atoms with van der Waals surface area (Å²) < 4.78 is 0. The molecule has 2 rings (SSSR count). The molecule has 0 saturated heterocycles. The summed E-state index contributed by atoms with van der Waals surface area (Å²) in [5.41, 5.74) is 3.04. The van der Waals surface area contributed by atoms with E-state index in [-0.39, 0.29) is 0 Å². The van der Waals surface area contributed by atoms with Gasteiger partial charge in [-0.25, -0.2) is 0 Å². The summed E-state index contributed by atoms with van der Waals surface area (Å²) in [6.45, 7) is 5.59. The minimum absolute atomic E-state index is 0.474. The van der Waals surface area contributed by atoms with Gasteiger partial charge in [0.05, 0.1) is 0 Å². The van der Waals surface area contributed by atoms with Crippen LogP contribution >= 0.6 is 0 Å². The Balaban J connectivity index is 2.12. The topological polar surface area (TPSA) is 18.5 Å². The Labute approximate surface area is 130 Å². The van der Waals surface area contributed by atoms with Crippen molar-refractivity contribution in [1.29, 1.82) is 0 Å². The van der Waals surface area contributed by atoms with Crippen LogP contribution in [-0.4, -0.2) is 56.6 Å². The zero-order chi connectivity index (χ0) is 15.2. The van der Waals surface area contributed by atoms with Crippen molar-refractivity contribution in [3.8, 4) is 0 Å². The predicted octanol–water partition coefficient (Wildman–Crippen LogP) is 2.54. The maximum atomic E-state index is 3.79. The SMILES string of the molecule is CCCNC1c2ccccc2CCC1N(C)CCN(C)C. The Hall–Kier alpha value is -0.900. The standard InChI is InChI=1S/C18H31N3/c1-5-12-19-18-16-9-7-6-8-15(16)10-11-17(18)21(4)14-13-20(2)3/h6-9,17-19H,5,10-14H2,1-4H3. The molecule has 21 heavy (non-hydrogen) atoms. The number of benzene rings is 1. The second-order valence-electron chi connectivity index (χ2n) is 6.52. The number of hydrogen-bond donors (Lipinski definition) is 1. The fourth-order valence-corrected chi connectivity index (χ4v) is 3.29. The highest BCUT2D eigenvalue weighted by atomic mass is 15.2. The third-order valence-corrected chi connectivity index (χ3v) is 4.56. The lowest BCUT2D eigenvalue weighted by atomic mass is 9.83. The van der Waals surface area contributed by atoms with Crippen LogP contribution in [0.1, 0.15) is 36.9 Å². The van der Waals surface area contributed by atoms with E-state index in [1.807, 2.05) is 0 Å². The van der Waals surface area contributed by atoms with Gasteiger partial charge in [0, 0.05) is 25.2 Å². The average molecular weight is 289 g/mol. The largest absolute Gasteiger partial charge is 0.309 e. The first-order chi connectivity index (χ1) is 10.1. The maximum absolute atomic E-state index is 3.79. The van der Waals surface area contributed by atoms with E-state index in [1.165, 1.54) is 30.4 Å². The van der Waals surface area contributed by atoms with E-state index in [0.717, 1.165) is 19.6 Å². The summed E-state index contributed by atoms with van der Waals surface area (Å²) >= 11 is 0. The zero-order valence-corrected chi connectivity index (χ0v) is 14.1. The molecule has 1 aromatic carbocycles. The highest BCUT2D eigenvalue weighted by Gasteiger charge is 2.31. The first kappa shape index (κ1) is 16.5. The van der Waals surface area contributed by atoms with Crippen LogP contribution in [0.4, 0.5) is 0 Å². The van der Waals surface area contributed by atoms with Gasteiger partial charge in [0.15, 0.2) is 0 Å². The molecule has 0 fully saturated rings. The van der Waals surface area contributed by atoms with Gasteiger partial charge in [-0.3, -0.25) is 0 Å². The van der Waals surface area contributed by atoms with Gasteiger partial charge in [-0.05, 0) is 58.1 Å². The zero-order valence-electron chi connectivity index (χ0n) is 14.1. The number of rotatable bonds is 7. The second kappa shape index (κ2) is 7.92. The first-order valence-electron chi connectivity index (χ1n) is 8.29. The summed E-state index contributed by atoms with van der Waals surface area (Å²) in [5, 5.41) is 3.79. The normalized spacial score (nSPS) is 21.8. The number of hydrogen-bond acceptors (Lipinski definition) is 3. The molecule has 3 heteroatoms. The Morgan fingerprint density at radius 2 is 1.90 bits per heavy atom. The molecule has 0 radical (unpaired) electrons. The average Bonchev–Trinajstić information content (AvgIpc) is 2.50. The van der Waals surface area contributed by atoms with Crippen molar-refractivity contribution in [3.05, 3.63) is 35.4 Å². The lowest BCUT2D eigenvalue weighted by molar-refractivity contribution is 0.160. The van der Waals surface area contributed by atoms with E-state index in [0.29, 0.717) is 12.1 Å². The summed E-state index contributed by atoms with van der Waals surface area (Å²) in [4.78, 5) is 4.81. The van der Waals surface area contributed by atoms with Gasteiger partial charge in [0.2, 0.25) is 0 Å². The van der Waals surface area contributed by atoms with E-state index in [2.05, 4.69) is 67.4 Å². The number of likely N-dealkylation sites (N-methyl/N-ethyl adjacent to an activating group) is 2. The van der Waals surface area contributed by atoms with Gasteiger partial charge in [0.1, 0.15) is 0 Å². The van der Waals surface area contributed by atoms with Crippen molar-refractivity contribution in [2.24, 2.45) is 0 Å². The molecule has 1 aliphatic rings. The Bertz CT molecular complexity index is 430. The fraction of sp³-hybridized carbons (Fsp3) is 0.667. The molecule has 0 aliphatic heterocycles. The van der Waals surface area contributed by atoms with E-state index < -0.39 is 0 Å². The van der Waals surface area contributed by atoms with Crippen molar-refractivity contribution < 1.29 is 0 Å². The van der Waals surface area contributed by atoms with Crippen LogP contribution in [0.25, 0.3) is 0 Å². The van der Waals surface area contributed by atoms with Crippen LogP contribution < -0.4 is 5.32 Å². The smallest absolute Gasteiger partial charge is 0.0480 e. The molecule has 0 aromatic heterocycles. The summed E-state index contributed by atoms with van der Waals surface area (Å²) in [7, 11) is 6.58. The third kappa shape index (κ3) is 4.29. The number of fused-ring (bicyclic) bond motifs is 1. The highest BCUT2D eigenvalue weighted by molar-refractivity contribution is 5.34. The lowest BCUT2D eigenvalue weighted by Gasteiger charge is -2.40. The molecule has 1 aromatic rings.